The largest absolute Gasteiger partial charge is 0.309 e. The molecule has 0 bridgehead atoms. The minimum atomic E-state index is 1.09. The van der Waals surface area contributed by atoms with Gasteiger partial charge < -0.3 is 4.57 Å². The van der Waals surface area contributed by atoms with Gasteiger partial charge in [-0.05, 0) is 59.2 Å². The van der Waals surface area contributed by atoms with Gasteiger partial charge in [-0.25, -0.2) is 0 Å². The van der Waals surface area contributed by atoms with Crippen molar-refractivity contribution in [3.63, 3.8) is 0 Å². The first-order valence-corrected chi connectivity index (χ1v) is 14.7. The molecule has 0 amide bonds. The molecule has 0 spiro atoms. The number of aromatic nitrogens is 1. The van der Waals surface area contributed by atoms with Gasteiger partial charge in [-0.1, -0.05) is 107 Å². The van der Waals surface area contributed by atoms with E-state index in [2.05, 4.69) is 154 Å². The number of fused-ring (bicyclic) bond motifs is 7. The number of halogens is 1. The van der Waals surface area contributed by atoms with Crippen LogP contribution >= 0.6 is 27.3 Å². The number of para-hydroxylation sites is 1. The molecular formula is C36H22BrNS. The van der Waals surface area contributed by atoms with Crippen LogP contribution in [0.25, 0.3) is 69.9 Å². The van der Waals surface area contributed by atoms with E-state index in [1.807, 2.05) is 11.3 Å². The molecule has 1 nitrogen and oxygen atoms in total. The maximum absolute atomic E-state index is 3.71. The van der Waals surface area contributed by atoms with Crippen LogP contribution in [-0.4, -0.2) is 4.57 Å². The Bertz CT molecular complexity index is 2190. The molecule has 8 rings (SSSR count). The molecule has 184 valence electrons. The number of rotatable bonds is 3. The first-order chi connectivity index (χ1) is 19.3. The molecule has 0 saturated carbocycles. The van der Waals surface area contributed by atoms with Crippen molar-refractivity contribution in [1.29, 1.82) is 0 Å². The van der Waals surface area contributed by atoms with Gasteiger partial charge in [0.2, 0.25) is 0 Å². The van der Waals surface area contributed by atoms with Crippen LogP contribution < -0.4 is 0 Å². The molecule has 8 aromatic rings. The highest BCUT2D eigenvalue weighted by Crippen LogP contribution is 2.47. The average Bonchev–Trinajstić information content (AvgIpc) is 3.53. The number of hydrogen-bond acceptors (Lipinski definition) is 1. The highest BCUT2D eigenvalue weighted by Gasteiger charge is 2.21. The summed E-state index contributed by atoms with van der Waals surface area (Å²) in [6.45, 7) is 0. The molecule has 0 saturated heterocycles. The Kier molecular flexibility index (Phi) is 5.22. The van der Waals surface area contributed by atoms with E-state index >= 15 is 0 Å². The van der Waals surface area contributed by atoms with E-state index in [0.717, 1.165) is 4.47 Å². The molecule has 0 radical (unpaired) electrons. The van der Waals surface area contributed by atoms with Crippen LogP contribution in [0, 0.1) is 0 Å². The fourth-order valence-corrected chi connectivity index (χ4v) is 7.57. The van der Waals surface area contributed by atoms with Crippen LogP contribution in [0.5, 0.6) is 0 Å². The first kappa shape index (κ1) is 22.8. The molecular weight excluding hydrogens is 558 g/mol. The summed E-state index contributed by atoms with van der Waals surface area (Å²) in [5.74, 6) is 0. The second kappa shape index (κ2) is 8.94. The van der Waals surface area contributed by atoms with Gasteiger partial charge in [0.05, 0.1) is 11.0 Å². The fraction of sp³-hybridized carbons (Fsp3) is 0. The Morgan fingerprint density at radius 2 is 1.26 bits per heavy atom. The maximum atomic E-state index is 3.71. The van der Waals surface area contributed by atoms with E-state index in [0.29, 0.717) is 0 Å². The van der Waals surface area contributed by atoms with E-state index < -0.39 is 0 Å². The monoisotopic (exact) mass is 579 g/mol. The minimum Gasteiger partial charge on any atom is -0.309 e. The molecule has 6 aromatic carbocycles. The highest BCUT2D eigenvalue weighted by atomic mass is 79.9. The molecule has 0 aliphatic rings. The summed E-state index contributed by atoms with van der Waals surface area (Å²) >= 11 is 5.60. The predicted octanol–water partition coefficient (Wildman–Crippen LogP) is 11.2. The molecule has 0 fully saturated rings. The van der Waals surface area contributed by atoms with Crippen molar-refractivity contribution in [2.45, 2.75) is 0 Å². The van der Waals surface area contributed by atoms with Gasteiger partial charge in [0, 0.05) is 46.7 Å². The molecule has 39 heavy (non-hydrogen) atoms. The lowest BCUT2D eigenvalue weighted by Gasteiger charge is -2.12. The van der Waals surface area contributed by atoms with E-state index in [-0.39, 0.29) is 0 Å². The standard InChI is InChI=1S/C36H22BrNS/c37-26-14-8-13-25(20-26)30-22-31-28-16-4-6-18-32(28)38(27-15-9-12-24(21-27)23-10-2-1-3-11-23)35(31)34-29-17-5-7-19-33(29)39-36(30)34/h1-22H. The van der Waals surface area contributed by atoms with Crippen LogP contribution in [0.3, 0.4) is 0 Å². The normalized spacial score (nSPS) is 11.7. The number of thiophene rings is 1. The lowest BCUT2D eigenvalue weighted by Crippen LogP contribution is -1.95. The zero-order valence-corrected chi connectivity index (χ0v) is 23.3. The van der Waals surface area contributed by atoms with Crippen LogP contribution in [-0.2, 0) is 0 Å². The Labute approximate surface area is 238 Å². The van der Waals surface area contributed by atoms with Crippen molar-refractivity contribution in [2.75, 3.05) is 0 Å². The first-order valence-electron chi connectivity index (χ1n) is 13.1. The lowest BCUT2D eigenvalue weighted by molar-refractivity contribution is 1.19. The van der Waals surface area contributed by atoms with Gasteiger partial charge in [-0.3, -0.25) is 0 Å². The van der Waals surface area contributed by atoms with Crippen molar-refractivity contribution in [3.8, 4) is 27.9 Å². The van der Waals surface area contributed by atoms with Gasteiger partial charge in [0.1, 0.15) is 0 Å². The van der Waals surface area contributed by atoms with Crippen LogP contribution in [0.2, 0.25) is 0 Å². The third kappa shape index (κ3) is 3.58. The van der Waals surface area contributed by atoms with Crippen LogP contribution in [0.15, 0.2) is 138 Å². The highest BCUT2D eigenvalue weighted by molar-refractivity contribution is 9.10. The molecule has 3 heteroatoms. The van der Waals surface area contributed by atoms with Crippen molar-refractivity contribution in [1.82, 2.24) is 4.57 Å². The van der Waals surface area contributed by atoms with Gasteiger partial charge in [0.15, 0.2) is 0 Å². The minimum absolute atomic E-state index is 1.09. The molecule has 2 aromatic heterocycles. The maximum Gasteiger partial charge on any atom is 0.0634 e. The Hall–Kier alpha value is -4.18. The van der Waals surface area contributed by atoms with Gasteiger partial charge >= 0.3 is 0 Å². The van der Waals surface area contributed by atoms with Gasteiger partial charge in [-0.15, -0.1) is 11.3 Å². The van der Waals surface area contributed by atoms with E-state index in [1.54, 1.807) is 0 Å². The average molecular weight is 581 g/mol. The number of benzene rings is 6. The fourth-order valence-electron chi connectivity index (χ4n) is 5.93. The third-order valence-corrected chi connectivity index (χ3v) is 9.32. The van der Waals surface area contributed by atoms with E-state index in [9.17, 15) is 0 Å². The molecule has 0 N–H and O–H groups in total. The summed E-state index contributed by atoms with van der Waals surface area (Å²) in [5.41, 5.74) is 8.62. The predicted molar refractivity (Wildman–Crippen MR) is 172 cm³/mol. The summed E-state index contributed by atoms with van der Waals surface area (Å²) < 4.78 is 6.20. The van der Waals surface area contributed by atoms with Gasteiger partial charge in [-0.2, -0.15) is 0 Å². The molecule has 0 unspecified atom stereocenters. The Morgan fingerprint density at radius 1 is 0.538 bits per heavy atom. The number of nitrogens with zero attached hydrogens (tertiary/aromatic N) is 1. The Balaban J connectivity index is 1.56. The quantitative estimate of drug-likeness (QED) is 0.196. The summed E-state index contributed by atoms with van der Waals surface area (Å²) in [6.07, 6.45) is 0. The van der Waals surface area contributed by atoms with E-state index in [4.69, 9.17) is 0 Å². The molecule has 0 atom stereocenters. The molecule has 0 aliphatic heterocycles. The second-order valence-electron chi connectivity index (χ2n) is 9.90. The SMILES string of the molecule is Brc1cccc(-c2cc3c4ccccc4n(-c4cccc(-c5ccccc5)c4)c3c3c2sc2ccccc23)c1. The van der Waals surface area contributed by atoms with Crippen molar-refractivity contribution in [2.24, 2.45) is 0 Å². The van der Waals surface area contributed by atoms with Crippen molar-refractivity contribution < 1.29 is 0 Å². The second-order valence-corrected chi connectivity index (χ2v) is 11.9. The molecule has 0 aliphatic carbocycles. The van der Waals surface area contributed by atoms with Gasteiger partial charge in [0.25, 0.3) is 0 Å². The zero-order valence-electron chi connectivity index (χ0n) is 20.9. The smallest absolute Gasteiger partial charge is 0.0634 e. The van der Waals surface area contributed by atoms with Crippen LogP contribution in [0.1, 0.15) is 0 Å². The van der Waals surface area contributed by atoms with E-state index in [1.165, 1.54) is 69.9 Å². The summed E-state index contributed by atoms with van der Waals surface area (Å²) in [5, 5.41) is 5.18. The summed E-state index contributed by atoms with van der Waals surface area (Å²) in [6, 6.07) is 48.3. The summed E-state index contributed by atoms with van der Waals surface area (Å²) in [7, 11) is 0. The van der Waals surface area contributed by atoms with Crippen LogP contribution in [0.4, 0.5) is 0 Å². The zero-order chi connectivity index (χ0) is 25.9. The number of hydrogen-bond donors (Lipinski definition) is 0. The molecule has 2 heterocycles. The summed E-state index contributed by atoms with van der Waals surface area (Å²) in [4.78, 5) is 0. The Morgan fingerprint density at radius 3 is 2.13 bits per heavy atom. The van der Waals surface area contributed by atoms with Crippen molar-refractivity contribution >= 4 is 69.2 Å². The topological polar surface area (TPSA) is 4.93 Å². The van der Waals surface area contributed by atoms with Crippen molar-refractivity contribution in [3.05, 3.63) is 138 Å². The lowest BCUT2D eigenvalue weighted by atomic mass is 9.99. The third-order valence-electron chi connectivity index (χ3n) is 7.63.